The molecule has 1 aliphatic heterocycles. The number of fused-ring (bicyclic) bond motifs is 2. The number of amides is 1. The number of halogens is 3. The molecule has 3 fully saturated rings. The normalized spacial score (nSPS) is 28.9. The minimum absolute atomic E-state index is 0.0595. The molecule has 2 aliphatic carbocycles. The summed E-state index contributed by atoms with van der Waals surface area (Å²) in [6, 6.07) is 1.47. The van der Waals surface area contributed by atoms with E-state index >= 15 is 8.78 Å². The molecular weight excluding hydrogens is 467 g/mol. The maximum Gasteiger partial charge on any atom is 0.325 e. The van der Waals surface area contributed by atoms with Crippen LogP contribution in [0.2, 0.25) is 0 Å². The highest BCUT2D eigenvalue weighted by Crippen LogP contribution is 2.55. The minimum atomic E-state index is -3.15. The van der Waals surface area contributed by atoms with Gasteiger partial charge in [-0.05, 0) is 18.9 Å². The van der Waals surface area contributed by atoms with Crippen molar-refractivity contribution in [3.05, 3.63) is 45.5 Å². The number of anilines is 1. The lowest BCUT2D eigenvalue weighted by Gasteiger charge is -2.60. The number of alkyl halides is 3. The molecular formula is C22H22F3N7O3. The lowest BCUT2D eigenvalue weighted by molar-refractivity contribution is -0.142. The topological polar surface area (TPSA) is 128 Å². The van der Waals surface area contributed by atoms with E-state index < -0.39 is 47.3 Å². The van der Waals surface area contributed by atoms with E-state index in [-0.39, 0.29) is 36.6 Å². The fourth-order valence-electron chi connectivity index (χ4n) is 5.64. The van der Waals surface area contributed by atoms with E-state index in [0.29, 0.717) is 24.2 Å². The summed E-state index contributed by atoms with van der Waals surface area (Å²) in [6.45, 7) is -0.754. The average molecular weight is 489 g/mol. The SMILES string of the molecule is O=C(CC1CN(c2cc(-c3c[nH]c(=O)[nH]c3=O)nn3ccnc23)CC1(F)F)NC12CCC1C(F)C2. The monoisotopic (exact) mass is 489 g/mol. The van der Waals surface area contributed by atoms with E-state index in [9.17, 15) is 18.8 Å². The van der Waals surface area contributed by atoms with Crippen LogP contribution in [0.25, 0.3) is 16.9 Å². The van der Waals surface area contributed by atoms with E-state index in [0.717, 1.165) is 0 Å². The first-order valence-corrected chi connectivity index (χ1v) is 11.4. The van der Waals surface area contributed by atoms with Crippen molar-refractivity contribution in [3.8, 4) is 11.3 Å². The van der Waals surface area contributed by atoms with Gasteiger partial charge in [-0.3, -0.25) is 14.6 Å². The number of nitrogens with zero attached hydrogens (tertiary/aromatic N) is 4. The molecule has 6 rings (SSSR count). The standard InChI is InChI=1S/C22H22F3N7O3/c23-14-7-21(2-1-13(14)21)29-17(33)5-11-9-31(10-22(11,24)25)16-6-15(30-32-4-3-26-18(16)32)12-8-27-20(35)28-19(12)34/h3-4,6,8,11,13-14H,1-2,5,7,9-10H2,(H,29,33)(H2,27,28,34,35). The van der Waals surface area contributed by atoms with Crippen LogP contribution in [0.3, 0.4) is 0 Å². The Morgan fingerprint density at radius 1 is 1.31 bits per heavy atom. The molecule has 3 aromatic rings. The van der Waals surface area contributed by atoms with E-state index in [4.69, 9.17) is 0 Å². The minimum Gasteiger partial charge on any atom is -0.362 e. The van der Waals surface area contributed by atoms with Crippen LogP contribution < -0.4 is 21.5 Å². The number of nitrogens with one attached hydrogen (secondary N) is 3. The van der Waals surface area contributed by atoms with E-state index in [1.807, 2.05) is 0 Å². The Hall–Kier alpha value is -3.64. The highest BCUT2D eigenvalue weighted by molar-refractivity contribution is 5.79. The molecule has 0 bridgehead atoms. The van der Waals surface area contributed by atoms with Gasteiger partial charge in [0.25, 0.3) is 11.5 Å². The quantitative estimate of drug-likeness (QED) is 0.495. The summed E-state index contributed by atoms with van der Waals surface area (Å²) in [4.78, 5) is 46.4. The summed E-state index contributed by atoms with van der Waals surface area (Å²) in [6.07, 6.45) is 4.51. The number of H-pyrrole nitrogens is 2. The predicted molar refractivity (Wildman–Crippen MR) is 118 cm³/mol. The van der Waals surface area contributed by atoms with Crippen LogP contribution in [0.1, 0.15) is 25.7 Å². The maximum atomic E-state index is 15.0. The van der Waals surface area contributed by atoms with Crippen molar-refractivity contribution in [2.24, 2.45) is 11.8 Å². The van der Waals surface area contributed by atoms with Gasteiger partial charge in [0.15, 0.2) is 5.65 Å². The molecule has 4 heterocycles. The maximum absolute atomic E-state index is 15.0. The molecule has 3 aliphatic rings. The van der Waals surface area contributed by atoms with E-state index in [2.05, 4.69) is 25.4 Å². The van der Waals surface area contributed by atoms with Crippen molar-refractivity contribution >= 4 is 17.2 Å². The molecule has 3 aromatic heterocycles. The Bertz CT molecular complexity index is 1450. The molecule has 4 atom stereocenters. The molecule has 1 amide bonds. The highest BCUT2D eigenvalue weighted by atomic mass is 19.3. The van der Waals surface area contributed by atoms with Gasteiger partial charge in [-0.15, -0.1) is 0 Å². The fraction of sp³-hybridized carbons (Fsp3) is 0.500. The van der Waals surface area contributed by atoms with Crippen molar-refractivity contribution in [1.82, 2.24) is 29.9 Å². The number of hydrogen-bond acceptors (Lipinski definition) is 6. The number of imidazole rings is 1. The molecule has 1 saturated heterocycles. The van der Waals surface area contributed by atoms with Crippen LogP contribution in [-0.4, -0.2) is 61.2 Å². The van der Waals surface area contributed by atoms with Crippen LogP contribution >= 0.6 is 0 Å². The fourth-order valence-corrected chi connectivity index (χ4v) is 5.64. The number of hydrogen-bond donors (Lipinski definition) is 3. The molecule has 35 heavy (non-hydrogen) atoms. The van der Waals surface area contributed by atoms with E-state index in [1.165, 1.54) is 34.1 Å². The lowest BCUT2D eigenvalue weighted by Crippen LogP contribution is -2.71. The smallest absolute Gasteiger partial charge is 0.325 e. The molecule has 10 nitrogen and oxygen atoms in total. The Kier molecular flexibility index (Phi) is 4.64. The lowest BCUT2D eigenvalue weighted by atomic mass is 9.52. The van der Waals surface area contributed by atoms with Gasteiger partial charge in [-0.2, -0.15) is 5.10 Å². The van der Waals surface area contributed by atoms with E-state index in [1.54, 1.807) is 0 Å². The first-order valence-electron chi connectivity index (χ1n) is 11.4. The molecule has 184 valence electrons. The highest BCUT2D eigenvalue weighted by Gasteiger charge is 2.61. The molecule has 3 N–H and O–H groups in total. The molecule has 2 saturated carbocycles. The molecule has 0 spiro atoms. The van der Waals surface area contributed by atoms with Gasteiger partial charge >= 0.3 is 5.69 Å². The Morgan fingerprint density at radius 2 is 2.14 bits per heavy atom. The molecule has 4 unspecified atom stereocenters. The Labute approximate surface area is 195 Å². The summed E-state index contributed by atoms with van der Waals surface area (Å²) >= 11 is 0. The van der Waals surface area contributed by atoms with Crippen molar-refractivity contribution in [2.45, 2.75) is 43.3 Å². The number of carbonyl (C=O) groups excluding carboxylic acids is 1. The third-order valence-corrected chi connectivity index (χ3v) is 7.64. The van der Waals surface area contributed by atoms with Crippen LogP contribution in [0.5, 0.6) is 0 Å². The third kappa shape index (κ3) is 3.43. The number of aromatic amines is 2. The van der Waals surface area contributed by atoms with Gasteiger partial charge in [0, 0.05) is 49.4 Å². The Balaban J connectivity index is 1.27. The second-order valence-electron chi connectivity index (χ2n) is 9.71. The second kappa shape index (κ2) is 7.43. The predicted octanol–water partition coefficient (Wildman–Crippen LogP) is 1.24. The van der Waals surface area contributed by atoms with Gasteiger partial charge in [0.05, 0.1) is 23.7 Å². The molecule has 13 heteroatoms. The van der Waals surface area contributed by atoms with Crippen LogP contribution in [0.15, 0.2) is 34.2 Å². The summed E-state index contributed by atoms with van der Waals surface area (Å²) in [5.74, 6) is -5.10. The largest absolute Gasteiger partial charge is 0.362 e. The van der Waals surface area contributed by atoms with Crippen molar-refractivity contribution in [2.75, 3.05) is 18.0 Å². The van der Waals surface area contributed by atoms with Gasteiger partial charge in [-0.1, -0.05) is 0 Å². The van der Waals surface area contributed by atoms with Crippen molar-refractivity contribution in [3.63, 3.8) is 0 Å². The zero-order chi connectivity index (χ0) is 24.5. The average Bonchev–Trinajstić information content (AvgIpc) is 3.36. The van der Waals surface area contributed by atoms with Crippen molar-refractivity contribution in [1.29, 1.82) is 0 Å². The third-order valence-electron chi connectivity index (χ3n) is 7.64. The molecule has 0 aromatic carbocycles. The summed E-state index contributed by atoms with van der Waals surface area (Å²) in [7, 11) is 0. The zero-order valence-corrected chi connectivity index (χ0v) is 18.4. The van der Waals surface area contributed by atoms with Crippen LogP contribution in [0.4, 0.5) is 18.9 Å². The van der Waals surface area contributed by atoms with Crippen molar-refractivity contribution < 1.29 is 18.0 Å². The zero-order valence-electron chi connectivity index (χ0n) is 18.4. The van der Waals surface area contributed by atoms with Gasteiger partial charge in [0.2, 0.25) is 5.91 Å². The summed E-state index contributed by atoms with van der Waals surface area (Å²) in [5, 5.41) is 7.13. The first-order chi connectivity index (χ1) is 16.6. The van der Waals surface area contributed by atoms with Gasteiger partial charge in [-0.25, -0.2) is 27.5 Å². The Morgan fingerprint density at radius 3 is 2.83 bits per heavy atom. The summed E-state index contributed by atoms with van der Waals surface area (Å²) < 4.78 is 45.1. The second-order valence-corrected chi connectivity index (χ2v) is 9.71. The number of rotatable bonds is 5. The number of carbonyl (C=O) groups is 1. The van der Waals surface area contributed by atoms with Crippen LogP contribution in [-0.2, 0) is 4.79 Å². The van der Waals surface area contributed by atoms with Crippen LogP contribution in [0, 0.1) is 11.8 Å². The van der Waals surface area contributed by atoms with Gasteiger partial charge < -0.3 is 15.2 Å². The first kappa shape index (κ1) is 21.9. The molecule has 0 radical (unpaired) electrons. The summed E-state index contributed by atoms with van der Waals surface area (Å²) in [5.41, 5.74) is -1.05. The van der Waals surface area contributed by atoms with Gasteiger partial charge in [0.1, 0.15) is 11.9 Å². The number of aromatic nitrogens is 5.